The molecule has 0 amide bonds. The third-order valence-electron chi connectivity index (χ3n) is 5.42. The molecule has 0 saturated heterocycles. The molecule has 0 unspecified atom stereocenters. The monoisotopic (exact) mass is 418 g/mol. The molecule has 4 nitrogen and oxygen atoms in total. The number of aromatic hydroxyl groups is 1. The Morgan fingerprint density at radius 1 is 0.688 bits per heavy atom. The summed E-state index contributed by atoms with van der Waals surface area (Å²) in [7, 11) is 1.55. The van der Waals surface area contributed by atoms with Gasteiger partial charge in [0.25, 0.3) is 0 Å². The Balaban J connectivity index is 1.88. The number of phenols is 1. The molecule has 0 aliphatic carbocycles. The predicted molar refractivity (Wildman–Crippen MR) is 128 cm³/mol. The quantitative estimate of drug-likeness (QED) is 0.350. The zero-order valence-corrected chi connectivity index (χ0v) is 17.6. The number of phenolic OH excluding ortho intramolecular Hbond substituents is 1. The zero-order chi connectivity index (χ0) is 21.9. The number of imidazole rings is 1. The van der Waals surface area contributed by atoms with Gasteiger partial charge in [0.05, 0.1) is 18.5 Å². The summed E-state index contributed by atoms with van der Waals surface area (Å²) in [5.74, 6) is 1.28. The van der Waals surface area contributed by atoms with Crippen molar-refractivity contribution in [2.45, 2.75) is 0 Å². The molecule has 4 aromatic carbocycles. The highest BCUT2D eigenvalue weighted by atomic mass is 16.5. The first-order valence-corrected chi connectivity index (χ1v) is 10.4. The van der Waals surface area contributed by atoms with Gasteiger partial charge in [-0.3, -0.25) is 4.57 Å². The standard InChI is InChI=1S/C28H22N2O2/c1-32-25-19-22(17-18-24(25)31)28-29-26(20-11-5-2-6-12-20)27(21-13-7-3-8-14-21)30(28)23-15-9-4-10-16-23/h2-19,31H,1H3. The largest absolute Gasteiger partial charge is 0.504 e. The smallest absolute Gasteiger partial charge is 0.161 e. The summed E-state index contributed by atoms with van der Waals surface area (Å²) < 4.78 is 7.54. The minimum Gasteiger partial charge on any atom is -0.504 e. The Bertz CT molecular complexity index is 1340. The Labute approximate surface area is 187 Å². The van der Waals surface area contributed by atoms with E-state index < -0.39 is 0 Å². The summed E-state index contributed by atoms with van der Waals surface area (Å²) in [6.45, 7) is 0. The summed E-state index contributed by atoms with van der Waals surface area (Å²) in [6, 6.07) is 36.0. The van der Waals surface area contributed by atoms with E-state index >= 15 is 0 Å². The molecule has 32 heavy (non-hydrogen) atoms. The SMILES string of the molecule is COc1cc(-c2nc(-c3ccccc3)c(-c3ccccc3)n2-c2ccccc2)ccc1O. The molecular formula is C28H22N2O2. The van der Waals surface area contributed by atoms with Gasteiger partial charge in [-0.25, -0.2) is 4.98 Å². The van der Waals surface area contributed by atoms with Crippen molar-refractivity contribution in [2.24, 2.45) is 0 Å². The highest BCUT2D eigenvalue weighted by Crippen LogP contribution is 2.40. The molecule has 0 saturated carbocycles. The number of benzene rings is 4. The number of hydrogen-bond donors (Lipinski definition) is 1. The molecule has 0 aliphatic rings. The Hall–Kier alpha value is -4.31. The van der Waals surface area contributed by atoms with Gasteiger partial charge in [0.15, 0.2) is 11.5 Å². The van der Waals surface area contributed by atoms with Crippen LogP contribution in [0.1, 0.15) is 0 Å². The lowest BCUT2D eigenvalue weighted by Gasteiger charge is -2.14. The molecule has 0 radical (unpaired) electrons. The van der Waals surface area contributed by atoms with Crippen molar-refractivity contribution in [1.29, 1.82) is 0 Å². The first-order chi connectivity index (χ1) is 15.8. The van der Waals surface area contributed by atoms with Crippen molar-refractivity contribution in [3.8, 4) is 51.1 Å². The normalized spacial score (nSPS) is 10.8. The first-order valence-electron chi connectivity index (χ1n) is 10.4. The zero-order valence-electron chi connectivity index (χ0n) is 17.6. The van der Waals surface area contributed by atoms with Crippen LogP contribution in [0.4, 0.5) is 0 Å². The van der Waals surface area contributed by atoms with Gasteiger partial charge in [-0.2, -0.15) is 0 Å². The number of nitrogens with zero attached hydrogens (tertiary/aromatic N) is 2. The fourth-order valence-electron chi connectivity index (χ4n) is 3.92. The van der Waals surface area contributed by atoms with E-state index in [-0.39, 0.29) is 5.75 Å². The van der Waals surface area contributed by atoms with Crippen LogP contribution in [-0.2, 0) is 0 Å². The second-order valence-corrected chi connectivity index (χ2v) is 7.42. The number of hydrogen-bond acceptors (Lipinski definition) is 3. The average molecular weight is 418 g/mol. The van der Waals surface area contributed by atoms with E-state index in [9.17, 15) is 5.11 Å². The van der Waals surface area contributed by atoms with E-state index in [1.165, 1.54) is 0 Å². The van der Waals surface area contributed by atoms with Crippen LogP contribution in [0.5, 0.6) is 11.5 Å². The summed E-state index contributed by atoms with van der Waals surface area (Å²) in [4.78, 5) is 5.13. The van der Waals surface area contributed by atoms with E-state index in [0.29, 0.717) is 5.75 Å². The number of aromatic nitrogens is 2. The van der Waals surface area contributed by atoms with Crippen LogP contribution in [0.2, 0.25) is 0 Å². The molecule has 0 spiro atoms. The fraction of sp³-hybridized carbons (Fsp3) is 0.0357. The Kier molecular flexibility index (Phi) is 5.18. The van der Waals surface area contributed by atoms with Gasteiger partial charge in [-0.05, 0) is 30.3 Å². The summed E-state index contributed by atoms with van der Waals surface area (Å²) in [5, 5.41) is 10.1. The molecule has 1 heterocycles. The van der Waals surface area contributed by atoms with E-state index in [1.54, 1.807) is 13.2 Å². The molecule has 5 rings (SSSR count). The number of ether oxygens (including phenoxy) is 1. The van der Waals surface area contributed by atoms with Crippen molar-refractivity contribution in [1.82, 2.24) is 9.55 Å². The third-order valence-corrected chi connectivity index (χ3v) is 5.42. The van der Waals surface area contributed by atoms with Gasteiger partial charge in [-0.1, -0.05) is 78.9 Å². The first kappa shape index (κ1) is 19.6. The van der Waals surface area contributed by atoms with Crippen LogP contribution in [-0.4, -0.2) is 21.8 Å². The maximum absolute atomic E-state index is 10.1. The maximum atomic E-state index is 10.1. The van der Waals surface area contributed by atoms with Crippen LogP contribution in [0, 0.1) is 0 Å². The topological polar surface area (TPSA) is 47.3 Å². The highest BCUT2D eigenvalue weighted by Gasteiger charge is 2.22. The van der Waals surface area contributed by atoms with E-state index in [2.05, 4.69) is 41.0 Å². The van der Waals surface area contributed by atoms with Crippen LogP contribution in [0.3, 0.4) is 0 Å². The minimum absolute atomic E-state index is 0.0978. The molecule has 0 aliphatic heterocycles. The molecule has 5 aromatic rings. The lowest BCUT2D eigenvalue weighted by Crippen LogP contribution is -2.00. The molecule has 0 atom stereocenters. The second kappa shape index (κ2) is 8.44. The third kappa shape index (κ3) is 3.52. The molecular weight excluding hydrogens is 396 g/mol. The van der Waals surface area contributed by atoms with Gasteiger partial charge in [-0.15, -0.1) is 0 Å². The van der Waals surface area contributed by atoms with Crippen molar-refractivity contribution < 1.29 is 9.84 Å². The van der Waals surface area contributed by atoms with E-state index in [4.69, 9.17) is 9.72 Å². The lowest BCUT2D eigenvalue weighted by atomic mass is 10.0. The van der Waals surface area contributed by atoms with Crippen molar-refractivity contribution in [2.75, 3.05) is 7.11 Å². The van der Waals surface area contributed by atoms with Crippen molar-refractivity contribution in [3.05, 3.63) is 109 Å². The van der Waals surface area contributed by atoms with Gasteiger partial charge in [0.2, 0.25) is 0 Å². The maximum Gasteiger partial charge on any atom is 0.161 e. The van der Waals surface area contributed by atoms with Crippen LogP contribution in [0.15, 0.2) is 109 Å². The molecule has 4 heteroatoms. The minimum atomic E-state index is 0.0978. The summed E-state index contributed by atoms with van der Waals surface area (Å²) in [5.41, 5.74) is 5.85. The van der Waals surface area contributed by atoms with Gasteiger partial charge >= 0.3 is 0 Å². The van der Waals surface area contributed by atoms with Crippen LogP contribution < -0.4 is 4.74 Å². The Morgan fingerprint density at radius 2 is 1.28 bits per heavy atom. The molecule has 156 valence electrons. The molecule has 1 aromatic heterocycles. The van der Waals surface area contributed by atoms with Gasteiger partial charge in [0.1, 0.15) is 5.82 Å². The number of para-hydroxylation sites is 1. The molecule has 0 bridgehead atoms. The van der Waals surface area contributed by atoms with Gasteiger partial charge in [0, 0.05) is 22.4 Å². The number of rotatable bonds is 5. The second-order valence-electron chi connectivity index (χ2n) is 7.42. The predicted octanol–water partition coefficient (Wildman–Crippen LogP) is 6.59. The lowest BCUT2D eigenvalue weighted by molar-refractivity contribution is 0.373. The average Bonchev–Trinajstić information content (AvgIpc) is 3.27. The highest BCUT2D eigenvalue weighted by molar-refractivity contribution is 5.84. The fourth-order valence-corrected chi connectivity index (χ4v) is 3.92. The molecule has 1 N–H and O–H groups in total. The number of methoxy groups -OCH3 is 1. The summed E-state index contributed by atoms with van der Waals surface area (Å²) in [6.07, 6.45) is 0. The van der Waals surface area contributed by atoms with Crippen molar-refractivity contribution in [3.63, 3.8) is 0 Å². The van der Waals surface area contributed by atoms with E-state index in [0.717, 1.165) is 39.6 Å². The van der Waals surface area contributed by atoms with E-state index in [1.807, 2.05) is 66.7 Å². The van der Waals surface area contributed by atoms with Crippen LogP contribution in [0.25, 0.3) is 39.6 Å². The molecule has 0 fully saturated rings. The summed E-state index contributed by atoms with van der Waals surface area (Å²) >= 11 is 0. The Morgan fingerprint density at radius 3 is 1.91 bits per heavy atom. The van der Waals surface area contributed by atoms with Crippen molar-refractivity contribution >= 4 is 0 Å². The van der Waals surface area contributed by atoms with Crippen LogP contribution >= 0.6 is 0 Å². The van der Waals surface area contributed by atoms with Gasteiger partial charge < -0.3 is 9.84 Å².